The maximum Gasteiger partial charge on any atom is 0.308 e. The van der Waals surface area contributed by atoms with Gasteiger partial charge in [0.15, 0.2) is 5.11 Å². The van der Waals surface area contributed by atoms with Gasteiger partial charge in [-0.15, -0.1) is 0 Å². The van der Waals surface area contributed by atoms with Crippen LogP contribution in [0.25, 0.3) is 0 Å². The molecule has 172 valence electrons. The number of benzene rings is 2. The Morgan fingerprint density at radius 2 is 1.88 bits per heavy atom. The molecular weight excluding hydrogens is 448 g/mol. The first-order chi connectivity index (χ1) is 15.8. The number of nitro groups is 1. The average molecular weight is 471 g/mol. The zero-order chi connectivity index (χ0) is 23.8. The summed E-state index contributed by atoms with van der Waals surface area (Å²) in [6.45, 7) is 0.775. The summed E-state index contributed by atoms with van der Waals surface area (Å²) >= 11 is 5.31. The third-order valence-electron chi connectivity index (χ3n) is 5.01. The van der Waals surface area contributed by atoms with Gasteiger partial charge in [-0.2, -0.15) is 0 Å². The third kappa shape index (κ3) is 6.56. The molecule has 1 heterocycles. The van der Waals surface area contributed by atoms with Crippen LogP contribution >= 0.6 is 12.2 Å². The summed E-state index contributed by atoms with van der Waals surface area (Å²) < 4.78 is 5.27. The Labute approximate surface area is 195 Å². The molecule has 11 heteroatoms. The van der Waals surface area contributed by atoms with Crippen molar-refractivity contribution in [2.24, 2.45) is 0 Å². The molecule has 1 saturated heterocycles. The predicted molar refractivity (Wildman–Crippen MR) is 122 cm³/mol. The second-order valence-electron chi connectivity index (χ2n) is 7.22. The van der Waals surface area contributed by atoms with Crippen molar-refractivity contribution in [1.82, 2.24) is 15.5 Å². The summed E-state index contributed by atoms with van der Waals surface area (Å²) in [7, 11) is 0. The highest BCUT2D eigenvalue weighted by molar-refractivity contribution is 7.80. The first-order valence-electron chi connectivity index (χ1n) is 10.2. The summed E-state index contributed by atoms with van der Waals surface area (Å²) in [5.41, 5.74) is 1.05. The molecule has 2 amide bonds. The highest BCUT2D eigenvalue weighted by atomic mass is 32.1. The van der Waals surface area contributed by atoms with Crippen LogP contribution in [0.4, 0.5) is 5.69 Å². The van der Waals surface area contributed by atoms with Crippen molar-refractivity contribution in [2.45, 2.75) is 18.9 Å². The van der Waals surface area contributed by atoms with Gasteiger partial charge in [0, 0.05) is 37.2 Å². The Balaban J connectivity index is 1.57. The number of esters is 1. The van der Waals surface area contributed by atoms with Crippen LogP contribution in [0, 0.1) is 10.1 Å². The summed E-state index contributed by atoms with van der Waals surface area (Å²) in [5, 5.41) is 15.9. The Morgan fingerprint density at radius 3 is 2.55 bits per heavy atom. The van der Waals surface area contributed by atoms with Gasteiger partial charge in [-0.1, -0.05) is 30.3 Å². The number of hydrogen-bond donors (Lipinski definition) is 2. The maximum absolute atomic E-state index is 12.5. The summed E-state index contributed by atoms with van der Waals surface area (Å²) in [6.07, 6.45) is 0.324. The van der Waals surface area contributed by atoms with Crippen molar-refractivity contribution >= 4 is 40.8 Å². The van der Waals surface area contributed by atoms with E-state index in [4.69, 9.17) is 17.0 Å². The van der Waals surface area contributed by atoms with Crippen molar-refractivity contribution in [1.29, 1.82) is 0 Å². The molecule has 1 aliphatic heterocycles. The SMILES string of the molecule is O=C(CC1C(=O)NCCN1C(=S)NC(=O)c1ccc([N+](=O)[O-])cc1)OCCc1ccccc1. The van der Waals surface area contributed by atoms with Crippen LogP contribution in [-0.4, -0.2) is 58.5 Å². The molecule has 1 atom stereocenters. The highest BCUT2D eigenvalue weighted by Gasteiger charge is 2.34. The molecule has 2 aromatic carbocycles. The molecule has 0 bridgehead atoms. The minimum atomic E-state index is -0.923. The summed E-state index contributed by atoms with van der Waals surface area (Å²) in [4.78, 5) is 48.9. The standard InChI is InChI=1S/C22H22N4O6S/c27-19(32-13-10-15-4-2-1-3-5-15)14-18-21(29)23-11-12-25(18)22(33)24-20(28)16-6-8-17(9-7-16)26(30)31/h1-9,18H,10-14H2,(H,23,29)(H,24,28,33). The van der Waals surface area contributed by atoms with Crippen LogP contribution in [-0.2, 0) is 20.7 Å². The number of nitrogens with zero attached hydrogens (tertiary/aromatic N) is 2. The normalized spacial score (nSPS) is 15.3. The van der Waals surface area contributed by atoms with Crippen molar-refractivity contribution in [3.05, 3.63) is 75.8 Å². The topological polar surface area (TPSA) is 131 Å². The Morgan fingerprint density at radius 1 is 1.18 bits per heavy atom. The molecule has 1 unspecified atom stereocenters. The fraction of sp³-hybridized carbons (Fsp3) is 0.273. The van der Waals surface area contributed by atoms with Gasteiger partial charge in [0.1, 0.15) is 6.04 Å². The third-order valence-corrected chi connectivity index (χ3v) is 5.35. The largest absolute Gasteiger partial charge is 0.465 e. The van der Waals surface area contributed by atoms with E-state index in [9.17, 15) is 24.5 Å². The number of nitrogens with one attached hydrogen (secondary N) is 2. The molecule has 1 fully saturated rings. The van der Waals surface area contributed by atoms with E-state index >= 15 is 0 Å². The molecule has 0 aliphatic carbocycles. The predicted octanol–water partition coefficient (Wildman–Crippen LogP) is 1.59. The van der Waals surface area contributed by atoms with Crippen LogP contribution in [0.2, 0.25) is 0 Å². The van der Waals surface area contributed by atoms with E-state index in [-0.39, 0.29) is 29.4 Å². The first-order valence-corrected chi connectivity index (χ1v) is 10.6. The molecule has 0 saturated carbocycles. The summed E-state index contributed by atoms with van der Waals surface area (Å²) in [5.74, 6) is -1.53. The molecule has 2 aromatic rings. The van der Waals surface area contributed by atoms with Crippen LogP contribution in [0.15, 0.2) is 54.6 Å². The van der Waals surface area contributed by atoms with E-state index in [0.29, 0.717) is 19.5 Å². The van der Waals surface area contributed by atoms with Crippen molar-refractivity contribution < 1.29 is 24.0 Å². The molecule has 0 aromatic heterocycles. The average Bonchev–Trinajstić information content (AvgIpc) is 2.81. The first kappa shape index (κ1) is 23.8. The Kier molecular flexibility index (Phi) is 8.03. The van der Waals surface area contributed by atoms with Gasteiger partial charge < -0.3 is 15.0 Å². The van der Waals surface area contributed by atoms with E-state index < -0.39 is 28.7 Å². The number of carbonyl (C=O) groups excluding carboxylic acids is 3. The molecule has 10 nitrogen and oxygen atoms in total. The van der Waals surface area contributed by atoms with Crippen LogP contribution in [0.5, 0.6) is 0 Å². The number of hydrogen-bond acceptors (Lipinski definition) is 7. The van der Waals surface area contributed by atoms with Gasteiger partial charge in [-0.05, 0) is 29.9 Å². The van der Waals surface area contributed by atoms with Crippen molar-refractivity contribution in [3.8, 4) is 0 Å². The quantitative estimate of drug-likeness (QED) is 0.270. The monoisotopic (exact) mass is 470 g/mol. The van der Waals surface area contributed by atoms with Crippen LogP contribution < -0.4 is 10.6 Å². The van der Waals surface area contributed by atoms with Crippen LogP contribution in [0.3, 0.4) is 0 Å². The van der Waals surface area contributed by atoms with E-state index in [1.165, 1.54) is 29.2 Å². The minimum Gasteiger partial charge on any atom is -0.465 e. The lowest BCUT2D eigenvalue weighted by Gasteiger charge is -2.36. The zero-order valence-electron chi connectivity index (χ0n) is 17.6. The number of carbonyl (C=O) groups is 3. The molecule has 1 aliphatic rings. The van der Waals surface area contributed by atoms with Gasteiger partial charge >= 0.3 is 5.97 Å². The second-order valence-corrected chi connectivity index (χ2v) is 7.61. The van der Waals surface area contributed by atoms with Gasteiger partial charge in [-0.25, -0.2) is 0 Å². The lowest BCUT2D eigenvalue weighted by molar-refractivity contribution is -0.384. The highest BCUT2D eigenvalue weighted by Crippen LogP contribution is 2.14. The minimum absolute atomic E-state index is 0.0183. The van der Waals surface area contributed by atoms with Gasteiger partial charge in [0.2, 0.25) is 5.91 Å². The fourth-order valence-electron chi connectivity index (χ4n) is 3.28. The molecule has 0 spiro atoms. The lowest BCUT2D eigenvalue weighted by atomic mass is 10.1. The lowest BCUT2D eigenvalue weighted by Crippen LogP contribution is -2.60. The maximum atomic E-state index is 12.5. The number of amides is 2. The molecule has 0 radical (unpaired) electrons. The van der Waals surface area contributed by atoms with E-state index in [1.54, 1.807) is 0 Å². The number of piperazine rings is 1. The molecule has 3 rings (SSSR count). The number of nitro benzene ring substituents is 1. The molecule has 2 N–H and O–H groups in total. The number of ether oxygens (including phenoxy) is 1. The zero-order valence-corrected chi connectivity index (χ0v) is 18.4. The number of rotatable bonds is 7. The Hall–Kier alpha value is -3.86. The van der Waals surface area contributed by atoms with E-state index in [0.717, 1.165) is 5.56 Å². The van der Waals surface area contributed by atoms with Gasteiger partial charge in [0.25, 0.3) is 11.6 Å². The smallest absolute Gasteiger partial charge is 0.308 e. The fourth-order valence-corrected chi connectivity index (χ4v) is 3.59. The molecule has 33 heavy (non-hydrogen) atoms. The summed E-state index contributed by atoms with van der Waals surface area (Å²) in [6, 6.07) is 13.7. The molecular formula is C22H22N4O6S. The number of non-ortho nitro benzene ring substituents is 1. The van der Waals surface area contributed by atoms with Crippen molar-refractivity contribution in [2.75, 3.05) is 19.7 Å². The second kappa shape index (κ2) is 11.1. The van der Waals surface area contributed by atoms with Crippen LogP contribution in [0.1, 0.15) is 22.3 Å². The van der Waals surface area contributed by atoms with Gasteiger partial charge in [-0.3, -0.25) is 29.8 Å². The van der Waals surface area contributed by atoms with Gasteiger partial charge in [0.05, 0.1) is 18.0 Å². The van der Waals surface area contributed by atoms with E-state index in [2.05, 4.69) is 10.6 Å². The Bertz CT molecular complexity index is 1040. The number of thiocarbonyl (C=S) groups is 1. The van der Waals surface area contributed by atoms with E-state index in [1.807, 2.05) is 30.3 Å². The van der Waals surface area contributed by atoms with Crippen molar-refractivity contribution in [3.63, 3.8) is 0 Å².